The molecule has 0 amide bonds. The molecular weight excluding hydrogens is 637 g/mol. The van der Waals surface area contributed by atoms with Gasteiger partial charge in [0.25, 0.3) is 0 Å². The average molecular weight is 669 g/mol. The van der Waals surface area contributed by atoms with Gasteiger partial charge in [0.15, 0.2) is 5.82 Å². The van der Waals surface area contributed by atoms with Crippen molar-refractivity contribution < 1.29 is 0 Å². The number of fused-ring (bicyclic) bond motifs is 6. The standard InChI is InChI=1S/C48H32N2S/c1-48(41-22-8-5-19-37(41)38-20-6-9-23-42(38)48)36-18-12-16-33(28-36)32-15-11-17-34(27-32)43-30-44(50-47(49-43)31-13-3-2-4-14-31)35-25-26-46-40(29-35)39-21-7-10-24-45(39)51-46/h2-30H,1H3. The van der Waals surface area contributed by atoms with E-state index in [1.807, 2.05) is 29.5 Å². The Morgan fingerprint density at radius 2 is 0.980 bits per heavy atom. The van der Waals surface area contributed by atoms with Gasteiger partial charge in [-0.2, -0.15) is 0 Å². The highest BCUT2D eigenvalue weighted by Crippen LogP contribution is 2.52. The summed E-state index contributed by atoms with van der Waals surface area (Å²) < 4.78 is 2.58. The van der Waals surface area contributed by atoms with Gasteiger partial charge in [-0.1, -0.05) is 140 Å². The predicted molar refractivity (Wildman–Crippen MR) is 214 cm³/mol. The summed E-state index contributed by atoms with van der Waals surface area (Å²) in [5, 5.41) is 2.54. The molecule has 3 heteroatoms. The lowest BCUT2D eigenvalue weighted by atomic mass is 9.74. The van der Waals surface area contributed by atoms with Gasteiger partial charge in [-0.15, -0.1) is 11.3 Å². The van der Waals surface area contributed by atoms with Crippen molar-refractivity contribution in [2.45, 2.75) is 12.3 Å². The number of aromatic nitrogens is 2. The van der Waals surface area contributed by atoms with Gasteiger partial charge in [0, 0.05) is 42.3 Å². The predicted octanol–water partition coefficient (Wildman–Crippen LogP) is 12.8. The second kappa shape index (κ2) is 11.7. The SMILES string of the molecule is CC1(c2cccc(-c3cccc(-c4cc(-c5ccc6sc7ccccc7c6c5)nc(-c5ccccc5)n4)c3)c2)c2ccccc2-c2ccccc21. The molecule has 10 rings (SSSR count). The molecule has 0 saturated carbocycles. The minimum Gasteiger partial charge on any atom is -0.228 e. The second-order valence-electron chi connectivity index (χ2n) is 13.5. The van der Waals surface area contributed by atoms with Crippen molar-refractivity contribution in [1.82, 2.24) is 9.97 Å². The largest absolute Gasteiger partial charge is 0.228 e. The van der Waals surface area contributed by atoms with E-state index in [4.69, 9.17) is 9.97 Å². The number of hydrogen-bond donors (Lipinski definition) is 0. The molecule has 0 N–H and O–H groups in total. The average Bonchev–Trinajstić information content (AvgIpc) is 3.71. The van der Waals surface area contributed by atoms with E-state index < -0.39 is 0 Å². The van der Waals surface area contributed by atoms with Crippen LogP contribution in [-0.2, 0) is 5.41 Å². The summed E-state index contributed by atoms with van der Waals surface area (Å²) in [6, 6.07) is 63.4. The molecule has 2 heterocycles. The fraction of sp³-hybridized carbons (Fsp3) is 0.0417. The molecule has 7 aromatic carbocycles. The van der Waals surface area contributed by atoms with Crippen LogP contribution in [0.2, 0.25) is 0 Å². The molecule has 1 aliphatic rings. The highest BCUT2D eigenvalue weighted by molar-refractivity contribution is 7.25. The molecule has 2 aromatic heterocycles. The first-order valence-electron chi connectivity index (χ1n) is 17.4. The van der Waals surface area contributed by atoms with Crippen molar-refractivity contribution in [3.8, 4) is 56.2 Å². The zero-order chi connectivity index (χ0) is 33.9. The van der Waals surface area contributed by atoms with Crippen LogP contribution in [0.1, 0.15) is 23.6 Å². The van der Waals surface area contributed by atoms with E-state index in [2.05, 4.69) is 165 Å². The van der Waals surface area contributed by atoms with E-state index in [-0.39, 0.29) is 5.41 Å². The van der Waals surface area contributed by atoms with E-state index >= 15 is 0 Å². The maximum absolute atomic E-state index is 5.17. The topological polar surface area (TPSA) is 25.8 Å². The van der Waals surface area contributed by atoms with Gasteiger partial charge in [-0.3, -0.25) is 0 Å². The molecule has 2 nitrogen and oxygen atoms in total. The molecular formula is C48H32N2S. The Balaban J connectivity index is 1.09. The lowest BCUT2D eigenvalue weighted by molar-refractivity contribution is 0.714. The molecule has 1 aliphatic carbocycles. The monoisotopic (exact) mass is 668 g/mol. The first kappa shape index (κ1) is 29.7. The molecule has 9 aromatic rings. The number of rotatable bonds is 5. The van der Waals surface area contributed by atoms with E-state index in [9.17, 15) is 0 Å². The number of thiophene rings is 1. The van der Waals surface area contributed by atoms with Crippen LogP contribution in [0.25, 0.3) is 76.3 Å². The van der Waals surface area contributed by atoms with Crippen LogP contribution >= 0.6 is 11.3 Å². The molecule has 240 valence electrons. The molecule has 0 fully saturated rings. The Hall–Kier alpha value is -6.16. The number of hydrogen-bond acceptors (Lipinski definition) is 3. The third-order valence-electron chi connectivity index (χ3n) is 10.6. The lowest BCUT2D eigenvalue weighted by Crippen LogP contribution is -2.22. The third kappa shape index (κ3) is 4.85. The molecule has 51 heavy (non-hydrogen) atoms. The Labute approximate surface area is 301 Å². The van der Waals surface area contributed by atoms with Crippen LogP contribution in [0.5, 0.6) is 0 Å². The summed E-state index contributed by atoms with van der Waals surface area (Å²) in [5.74, 6) is 0.720. The minimum absolute atomic E-state index is 0.248. The summed E-state index contributed by atoms with van der Waals surface area (Å²) in [7, 11) is 0. The first-order valence-corrected chi connectivity index (χ1v) is 18.2. The maximum Gasteiger partial charge on any atom is 0.160 e. The summed E-state index contributed by atoms with van der Waals surface area (Å²) in [6.07, 6.45) is 0. The quantitative estimate of drug-likeness (QED) is 0.182. The Morgan fingerprint density at radius 3 is 1.75 bits per heavy atom. The van der Waals surface area contributed by atoms with E-state index in [0.29, 0.717) is 0 Å². The molecule has 0 radical (unpaired) electrons. The highest BCUT2D eigenvalue weighted by Gasteiger charge is 2.40. The van der Waals surface area contributed by atoms with Crippen molar-refractivity contribution in [3.63, 3.8) is 0 Å². The zero-order valence-electron chi connectivity index (χ0n) is 28.0. The molecule has 0 saturated heterocycles. The van der Waals surface area contributed by atoms with Gasteiger partial charge < -0.3 is 0 Å². The van der Waals surface area contributed by atoms with Gasteiger partial charge in [-0.25, -0.2) is 9.97 Å². The fourth-order valence-electron chi connectivity index (χ4n) is 7.98. The summed E-state index contributed by atoms with van der Waals surface area (Å²) in [5.41, 5.74) is 13.7. The van der Waals surface area contributed by atoms with Gasteiger partial charge >= 0.3 is 0 Å². The smallest absolute Gasteiger partial charge is 0.160 e. The summed E-state index contributed by atoms with van der Waals surface area (Å²) >= 11 is 1.83. The van der Waals surface area contributed by atoms with Gasteiger partial charge in [0.05, 0.1) is 11.4 Å². The zero-order valence-corrected chi connectivity index (χ0v) is 28.9. The molecule has 0 atom stereocenters. The maximum atomic E-state index is 5.17. The normalized spacial score (nSPS) is 13.0. The number of nitrogens with zero attached hydrogens (tertiary/aromatic N) is 2. The van der Waals surface area contributed by atoms with Crippen molar-refractivity contribution >= 4 is 31.5 Å². The van der Waals surface area contributed by atoms with Gasteiger partial charge in [0.2, 0.25) is 0 Å². The van der Waals surface area contributed by atoms with Crippen molar-refractivity contribution in [2.24, 2.45) is 0 Å². The van der Waals surface area contributed by atoms with Crippen molar-refractivity contribution in [3.05, 3.63) is 193 Å². The Bertz CT molecular complexity index is 2730. The van der Waals surface area contributed by atoms with Crippen LogP contribution in [0.3, 0.4) is 0 Å². The number of benzene rings is 7. The van der Waals surface area contributed by atoms with E-state index in [0.717, 1.165) is 39.5 Å². The van der Waals surface area contributed by atoms with Crippen LogP contribution in [0.15, 0.2) is 176 Å². The van der Waals surface area contributed by atoms with Crippen LogP contribution in [0.4, 0.5) is 0 Å². The summed E-state index contributed by atoms with van der Waals surface area (Å²) in [6.45, 7) is 2.37. The van der Waals surface area contributed by atoms with Crippen LogP contribution in [0, 0.1) is 0 Å². The molecule has 0 bridgehead atoms. The Morgan fingerprint density at radius 1 is 0.412 bits per heavy atom. The molecule has 0 unspecified atom stereocenters. The molecule has 0 aliphatic heterocycles. The molecule has 0 spiro atoms. The first-order chi connectivity index (χ1) is 25.1. The van der Waals surface area contributed by atoms with Crippen molar-refractivity contribution in [2.75, 3.05) is 0 Å². The Kier molecular flexibility index (Phi) is 6.83. The van der Waals surface area contributed by atoms with Crippen LogP contribution < -0.4 is 0 Å². The van der Waals surface area contributed by atoms with Gasteiger partial charge in [0.1, 0.15) is 0 Å². The third-order valence-corrected chi connectivity index (χ3v) is 11.7. The van der Waals surface area contributed by atoms with Crippen LogP contribution in [-0.4, -0.2) is 9.97 Å². The second-order valence-corrected chi connectivity index (χ2v) is 14.6. The highest BCUT2D eigenvalue weighted by atomic mass is 32.1. The van der Waals surface area contributed by atoms with E-state index in [1.165, 1.54) is 53.6 Å². The summed E-state index contributed by atoms with van der Waals surface area (Å²) in [4.78, 5) is 10.3. The van der Waals surface area contributed by atoms with Gasteiger partial charge in [-0.05, 0) is 82.3 Å². The lowest BCUT2D eigenvalue weighted by Gasteiger charge is -2.28. The van der Waals surface area contributed by atoms with Crippen molar-refractivity contribution in [1.29, 1.82) is 0 Å². The minimum atomic E-state index is -0.248. The van der Waals surface area contributed by atoms with E-state index in [1.54, 1.807) is 0 Å². The fourth-order valence-corrected chi connectivity index (χ4v) is 9.06.